The monoisotopic (exact) mass is 355 g/mol. The minimum Gasteiger partial charge on any atom is -0.491 e. The number of ether oxygens (including phenoxy) is 2. The largest absolute Gasteiger partial charge is 0.491 e. The number of halogens is 1. The summed E-state index contributed by atoms with van der Waals surface area (Å²) in [6.45, 7) is 7.07. The Kier molecular flexibility index (Phi) is 5.34. The second kappa shape index (κ2) is 7.12. The third kappa shape index (κ3) is 4.28. The number of rotatable bonds is 3. The Balaban J connectivity index is 2.12. The molecule has 25 heavy (non-hydrogen) atoms. The SMILES string of the molecule is COc1c(N2CCN(C(=O)OC(C)(C)C)CC2)ccc([N+](=O)[O-])c1F. The lowest BCUT2D eigenvalue weighted by Gasteiger charge is -2.37. The predicted octanol–water partition coefficient (Wildman–Crippen LogP) is 2.80. The molecule has 0 aromatic heterocycles. The summed E-state index contributed by atoms with van der Waals surface area (Å²) in [5, 5.41) is 10.8. The van der Waals surface area contributed by atoms with E-state index < -0.39 is 28.1 Å². The van der Waals surface area contributed by atoms with Gasteiger partial charge < -0.3 is 19.3 Å². The van der Waals surface area contributed by atoms with Gasteiger partial charge in [0, 0.05) is 32.2 Å². The maximum atomic E-state index is 14.3. The molecular weight excluding hydrogens is 333 g/mol. The number of hydrogen-bond donors (Lipinski definition) is 0. The Morgan fingerprint density at radius 3 is 2.32 bits per heavy atom. The van der Waals surface area contributed by atoms with Crippen LogP contribution >= 0.6 is 0 Å². The summed E-state index contributed by atoms with van der Waals surface area (Å²) in [6, 6.07) is 2.58. The Labute approximate surface area is 145 Å². The molecule has 0 bridgehead atoms. The van der Waals surface area contributed by atoms with Crippen molar-refractivity contribution in [2.45, 2.75) is 26.4 Å². The van der Waals surface area contributed by atoms with Crippen LogP contribution in [0.5, 0.6) is 5.75 Å². The van der Waals surface area contributed by atoms with Crippen LogP contribution in [0.15, 0.2) is 12.1 Å². The summed E-state index contributed by atoms with van der Waals surface area (Å²) in [6.07, 6.45) is -0.394. The number of nitro groups is 1. The van der Waals surface area contributed by atoms with E-state index in [4.69, 9.17) is 9.47 Å². The van der Waals surface area contributed by atoms with Gasteiger partial charge in [-0.15, -0.1) is 0 Å². The fourth-order valence-electron chi connectivity index (χ4n) is 2.58. The molecule has 1 saturated heterocycles. The fraction of sp³-hybridized carbons (Fsp3) is 0.562. The zero-order chi connectivity index (χ0) is 18.8. The number of nitrogens with zero attached hydrogens (tertiary/aromatic N) is 3. The van der Waals surface area contributed by atoms with Crippen molar-refractivity contribution in [2.75, 3.05) is 38.2 Å². The van der Waals surface area contributed by atoms with Crippen LogP contribution in [0.25, 0.3) is 0 Å². The molecule has 0 aliphatic carbocycles. The highest BCUT2D eigenvalue weighted by molar-refractivity contribution is 5.69. The van der Waals surface area contributed by atoms with Crippen molar-refractivity contribution in [3.63, 3.8) is 0 Å². The van der Waals surface area contributed by atoms with Crippen LogP contribution in [0.1, 0.15) is 20.8 Å². The summed E-state index contributed by atoms with van der Waals surface area (Å²) in [7, 11) is 1.27. The highest BCUT2D eigenvalue weighted by Crippen LogP contribution is 2.36. The molecule has 9 heteroatoms. The second-order valence-corrected chi connectivity index (χ2v) is 6.66. The molecule has 1 amide bonds. The number of amides is 1. The lowest BCUT2D eigenvalue weighted by Crippen LogP contribution is -2.50. The maximum absolute atomic E-state index is 14.3. The van der Waals surface area contributed by atoms with E-state index >= 15 is 0 Å². The topological polar surface area (TPSA) is 85.2 Å². The molecule has 138 valence electrons. The highest BCUT2D eigenvalue weighted by Gasteiger charge is 2.29. The fourth-order valence-corrected chi connectivity index (χ4v) is 2.58. The van der Waals surface area contributed by atoms with Gasteiger partial charge in [0.15, 0.2) is 5.75 Å². The minimum absolute atomic E-state index is 0.167. The van der Waals surface area contributed by atoms with E-state index in [1.165, 1.54) is 13.2 Å². The molecule has 1 aromatic carbocycles. The third-order valence-corrected chi connectivity index (χ3v) is 3.73. The highest BCUT2D eigenvalue weighted by atomic mass is 19.1. The van der Waals surface area contributed by atoms with Gasteiger partial charge in [-0.25, -0.2) is 4.79 Å². The standard InChI is InChI=1S/C16H22FN3O5/c1-16(2,3)25-15(21)19-9-7-18(8-10-19)12-6-5-11(20(22)23)13(17)14(12)24-4/h5-6H,7-10H2,1-4H3. The molecule has 8 nitrogen and oxygen atoms in total. The van der Waals surface area contributed by atoms with Gasteiger partial charge >= 0.3 is 11.8 Å². The van der Waals surface area contributed by atoms with Crippen LogP contribution in [0.2, 0.25) is 0 Å². The van der Waals surface area contributed by atoms with Gasteiger partial charge in [-0.3, -0.25) is 10.1 Å². The molecular formula is C16H22FN3O5. The zero-order valence-electron chi connectivity index (χ0n) is 14.7. The molecule has 0 radical (unpaired) electrons. The van der Waals surface area contributed by atoms with Crippen molar-refractivity contribution in [1.29, 1.82) is 0 Å². The summed E-state index contributed by atoms with van der Waals surface area (Å²) in [4.78, 5) is 25.5. The molecule has 0 atom stereocenters. The van der Waals surface area contributed by atoms with Crippen molar-refractivity contribution < 1.29 is 23.6 Å². The second-order valence-electron chi connectivity index (χ2n) is 6.66. The normalized spacial score (nSPS) is 15.1. The van der Waals surface area contributed by atoms with Gasteiger partial charge in [0.2, 0.25) is 5.82 Å². The van der Waals surface area contributed by atoms with Crippen LogP contribution in [-0.4, -0.2) is 54.8 Å². The van der Waals surface area contributed by atoms with E-state index in [0.29, 0.717) is 31.9 Å². The first-order valence-electron chi connectivity index (χ1n) is 7.88. The molecule has 0 unspecified atom stereocenters. The van der Waals surface area contributed by atoms with E-state index in [1.54, 1.807) is 25.7 Å². The molecule has 0 saturated carbocycles. The van der Waals surface area contributed by atoms with E-state index in [9.17, 15) is 19.3 Å². The number of benzene rings is 1. The van der Waals surface area contributed by atoms with E-state index in [1.807, 2.05) is 4.90 Å². The molecule has 1 aliphatic rings. The summed E-state index contributed by atoms with van der Waals surface area (Å²) >= 11 is 0. The molecule has 1 aromatic rings. The van der Waals surface area contributed by atoms with Gasteiger partial charge in [-0.05, 0) is 26.8 Å². The Bertz CT molecular complexity index is 666. The first kappa shape index (κ1) is 18.8. The van der Waals surface area contributed by atoms with Gasteiger partial charge in [0.05, 0.1) is 17.7 Å². The third-order valence-electron chi connectivity index (χ3n) is 3.73. The zero-order valence-corrected chi connectivity index (χ0v) is 14.7. The Hall–Kier alpha value is -2.58. The minimum atomic E-state index is -1.00. The number of carbonyl (C=O) groups is 1. The number of methoxy groups -OCH3 is 1. The van der Waals surface area contributed by atoms with Crippen LogP contribution in [0, 0.1) is 15.9 Å². The molecule has 0 spiro atoms. The van der Waals surface area contributed by atoms with Gasteiger partial charge in [-0.1, -0.05) is 0 Å². The number of piperazine rings is 1. The smallest absolute Gasteiger partial charge is 0.410 e. The van der Waals surface area contributed by atoms with Crippen LogP contribution in [0.3, 0.4) is 0 Å². The first-order chi connectivity index (χ1) is 11.6. The number of nitro benzene ring substituents is 1. The number of hydrogen-bond acceptors (Lipinski definition) is 6. The Morgan fingerprint density at radius 2 is 1.84 bits per heavy atom. The van der Waals surface area contributed by atoms with E-state index in [-0.39, 0.29) is 5.75 Å². The summed E-state index contributed by atoms with van der Waals surface area (Å²) in [5.74, 6) is -1.17. The average molecular weight is 355 g/mol. The van der Waals surface area contributed by atoms with Gasteiger partial charge in [0.1, 0.15) is 5.60 Å². The summed E-state index contributed by atoms with van der Waals surface area (Å²) in [5.41, 5.74) is -0.777. The van der Waals surface area contributed by atoms with Crippen molar-refractivity contribution in [3.05, 3.63) is 28.1 Å². The molecule has 1 aliphatic heterocycles. The van der Waals surface area contributed by atoms with Crippen molar-refractivity contribution >= 4 is 17.5 Å². The van der Waals surface area contributed by atoms with Gasteiger partial charge in [0.25, 0.3) is 0 Å². The first-order valence-corrected chi connectivity index (χ1v) is 7.88. The van der Waals surface area contributed by atoms with Crippen molar-refractivity contribution in [3.8, 4) is 5.75 Å². The lowest BCUT2D eigenvalue weighted by atomic mass is 10.2. The number of carbonyl (C=O) groups excluding carboxylic acids is 1. The van der Waals surface area contributed by atoms with Crippen LogP contribution in [-0.2, 0) is 4.74 Å². The van der Waals surface area contributed by atoms with Crippen LogP contribution < -0.4 is 9.64 Å². The molecule has 2 rings (SSSR count). The van der Waals surface area contributed by atoms with Gasteiger partial charge in [-0.2, -0.15) is 4.39 Å². The van der Waals surface area contributed by atoms with E-state index in [2.05, 4.69) is 0 Å². The molecule has 1 heterocycles. The molecule has 0 N–H and O–H groups in total. The van der Waals surface area contributed by atoms with E-state index in [0.717, 1.165) is 6.07 Å². The molecule has 1 fully saturated rings. The lowest BCUT2D eigenvalue weighted by molar-refractivity contribution is -0.387. The average Bonchev–Trinajstić information content (AvgIpc) is 2.52. The number of anilines is 1. The predicted molar refractivity (Wildman–Crippen MR) is 89.6 cm³/mol. The summed E-state index contributed by atoms with van der Waals surface area (Å²) < 4.78 is 24.6. The quantitative estimate of drug-likeness (QED) is 0.612. The maximum Gasteiger partial charge on any atom is 0.410 e. The van der Waals surface area contributed by atoms with Crippen molar-refractivity contribution in [2.24, 2.45) is 0 Å². The Morgan fingerprint density at radius 1 is 1.24 bits per heavy atom. The van der Waals surface area contributed by atoms with Crippen molar-refractivity contribution in [1.82, 2.24) is 4.90 Å². The van der Waals surface area contributed by atoms with Crippen LogP contribution in [0.4, 0.5) is 20.6 Å².